The van der Waals surface area contributed by atoms with Gasteiger partial charge in [-0.3, -0.25) is 0 Å². The van der Waals surface area contributed by atoms with Gasteiger partial charge in [0.1, 0.15) is 17.9 Å². The molecule has 9 heavy (non-hydrogen) atoms. The highest BCUT2D eigenvalue weighted by atomic mass is 28.4. The normalized spacial score (nSPS) is 39.0. The van der Waals surface area contributed by atoms with Gasteiger partial charge in [-0.2, -0.15) is 0 Å². The molecule has 1 heterocycles. The van der Waals surface area contributed by atoms with Gasteiger partial charge in [-0.05, 0) is 19.1 Å². The van der Waals surface area contributed by atoms with Crippen LogP contribution in [0.4, 0.5) is 0 Å². The van der Waals surface area contributed by atoms with Crippen molar-refractivity contribution in [1.82, 2.24) is 4.23 Å². The van der Waals surface area contributed by atoms with Crippen molar-refractivity contribution in [3.05, 3.63) is 0 Å². The fraction of sp³-hybridized carbons (Fsp3) is 1.00. The molecule has 1 aliphatic heterocycles. The largest absolute Gasteiger partial charge is 0.353 e. The fourth-order valence-electron chi connectivity index (χ4n) is 1.55. The molecule has 1 saturated heterocycles. The number of nitrogens with zero attached hydrogens (tertiary/aromatic N) is 1. The van der Waals surface area contributed by atoms with Crippen molar-refractivity contribution >= 4 is 17.9 Å². The first-order valence-electron chi connectivity index (χ1n) is 3.93. The molecule has 0 bridgehead atoms. The monoisotopic (exact) mass is 159 g/mol. The Morgan fingerprint density at radius 2 is 1.56 bits per heavy atom. The molecule has 3 heteroatoms. The highest BCUT2D eigenvalue weighted by Crippen LogP contribution is 2.16. The number of hydrogen-bond donors (Lipinski definition) is 0. The summed E-state index contributed by atoms with van der Waals surface area (Å²) in [7, 11) is 1.65. The van der Waals surface area contributed by atoms with E-state index in [1.54, 1.807) is 18.5 Å². The molecule has 0 aromatic heterocycles. The summed E-state index contributed by atoms with van der Waals surface area (Å²) in [4.78, 5) is 0. The molecule has 0 amide bonds. The summed E-state index contributed by atoms with van der Waals surface area (Å²) in [6.45, 7) is 4.98. The maximum Gasteiger partial charge on any atom is 0.101 e. The van der Waals surface area contributed by atoms with Crippen LogP contribution in [0.3, 0.4) is 0 Å². The second kappa shape index (κ2) is 2.99. The van der Waals surface area contributed by atoms with Crippen LogP contribution in [0, 0.1) is 0 Å². The third-order valence-corrected chi connectivity index (χ3v) is 11.0. The van der Waals surface area contributed by atoms with Gasteiger partial charge >= 0.3 is 0 Å². The Balaban J connectivity index is 2.41. The Bertz CT molecular complexity index is 87.1. The Hall–Kier alpha value is 0.394. The molecule has 2 unspecified atom stereocenters. The lowest BCUT2D eigenvalue weighted by atomic mass is 10.6. The average Bonchev–Trinajstić information content (AvgIpc) is 1.83. The quantitative estimate of drug-likeness (QED) is 0.477. The van der Waals surface area contributed by atoms with E-state index in [0.29, 0.717) is 0 Å². The number of rotatable bonds is 0. The van der Waals surface area contributed by atoms with E-state index in [4.69, 9.17) is 0 Å². The van der Waals surface area contributed by atoms with Crippen LogP contribution < -0.4 is 0 Å². The van der Waals surface area contributed by atoms with E-state index >= 15 is 0 Å². The van der Waals surface area contributed by atoms with E-state index in [0.717, 1.165) is 0 Å². The summed E-state index contributed by atoms with van der Waals surface area (Å²) in [6.07, 6.45) is 1.55. The van der Waals surface area contributed by atoms with Gasteiger partial charge in [0.25, 0.3) is 0 Å². The van der Waals surface area contributed by atoms with Gasteiger partial charge in [-0.1, -0.05) is 19.5 Å². The van der Waals surface area contributed by atoms with E-state index in [9.17, 15) is 0 Å². The van der Waals surface area contributed by atoms with Gasteiger partial charge in [0.05, 0.1) is 0 Å². The third-order valence-electron chi connectivity index (χ3n) is 2.63. The van der Waals surface area contributed by atoms with Crippen LogP contribution >= 0.6 is 0 Å². The minimum atomic E-state index is -0.351. The smallest absolute Gasteiger partial charge is 0.101 e. The molecule has 0 aromatic carbocycles. The van der Waals surface area contributed by atoms with Crippen LogP contribution in [0.2, 0.25) is 25.2 Å². The van der Waals surface area contributed by atoms with Crippen LogP contribution in [0.25, 0.3) is 0 Å². The molecule has 0 aliphatic carbocycles. The lowest BCUT2D eigenvalue weighted by Gasteiger charge is -2.34. The molecule has 1 nitrogen and oxygen atoms in total. The van der Waals surface area contributed by atoms with E-state index in [2.05, 4.69) is 24.4 Å². The maximum absolute atomic E-state index is 2.75. The topological polar surface area (TPSA) is 3.24 Å². The van der Waals surface area contributed by atoms with Gasteiger partial charge in [-0.25, -0.2) is 0 Å². The zero-order valence-electron chi connectivity index (χ0n) is 6.72. The van der Waals surface area contributed by atoms with Crippen molar-refractivity contribution in [3.63, 3.8) is 0 Å². The average molecular weight is 159 g/mol. The highest BCUT2D eigenvalue weighted by Gasteiger charge is 2.22. The fourth-order valence-corrected chi connectivity index (χ4v) is 8.86. The number of hydrogen-bond acceptors (Lipinski definition) is 1. The van der Waals surface area contributed by atoms with Gasteiger partial charge in [0.2, 0.25) is 0 Å². The van der Waals surface area contributed by atoms with E-state index < -0.39 is 0 Å². The molecule has 0 aromatic rings. The third kappa shape index (κ3) is 1.66. The summed E-state index contributed by atoms with van der Waals surface area (Å²) in [5, 5.41) is 0. The molecular weight excluding hydrogens is 142 g/mol. The summed E-state index contributed by atoms with van der Waals surface area (Å²) < 4.78 is 2.75. The van der Waals surface area contributed by atoms with Crippen molar-refractivity contribution in [2.45, 2.75) is 31.6 Å². The molecule has 0 radical (unpaired) electrons. The Labute approximate surface area is 61.4 Å². The standard InChI is InChI=1S/C6H17NSi2/c1-7-8(2)5-4-6-9(7)3/h8-9H,4-6H2,1-3H3. The van der Waals surface area contributed by atoms with Gasteiger partial charge in [-0.15, -0.1) is 0 Å². The van der Waals surface area contributed by atoms with Crippen molar-refractivity contribution in [2.24, 2.45) is 0 Å². The minimum Gasteiger partial charge on any atom is -0.353 e. The van der Waals surface area contributed by atoms with E-state index in [1.165, 1.54) is 0 Å². The molecule has 2 atom stereocenters. The molecule has 0 N–H and O–H groups in total. The zero-order chi connectivity index (χ0) is 6.85. The van der Waals surface area contributed by atoms with Crippen LogP contribution in [-0.2, 0) is 0 Å². The second-order valence-corrected chi connectivity index (χ2v) is 10.1. The molecule has 1 rings (SSSR count). The van der Waals surface area contributed by atoms with Crippen molar-refractivity contribution < 1.29 is 0 Å². The summed E-state index contributed by atoms with van der Waals surface area (Å²) in [6, 6.07) is 3.13. The molecule has 0 spiro atoms. The molecule has 1 fully saturated rings. The molecule has 1 aliphatic rings. The highest BCUT2D eigenvalue weighted by molar-refractivity contribution is 6.72. The van der Waals surface area contributed by atoms with E-state index in [-0.39, 0.29) is 17.9 Å². The van der Waals surface area contributed by atoms with Crippen molar-refractivity contribution in [3.8, 4) is 0 Å². The first-order valence-corrected chi connectivity index (χ1v) is 8.91. The zero-order valence-corrected chi connectivity index (χ0v) is 9.03. The second-order valence-electron chi connectivity index (χ2n) is 3.29. The van der Waals surface area contributed by atoms with E-state index in [1.807, 2.05) is 0 Å². The van der Waals surface area contributed by atoms with Crippen LogP contribution in [0.1, 0.15) is 6.42 Å². The first-order chi connectivity index (χ1) is 4.22. The summed E-state index contributed by atoms with van der Waals surface area (Å²) in [5.74, 6) is 0. The van der Waals surface area contributed by atoms with Crippen molar-refractivity contribution in [1.29, 1.82) is 0 Å². The Kier molecular flexibility index (Phi) is 2.49. The molecule has 54 valence electrons. The Morgan fingerprint density at radius 1 is 1.11 bits per heavy atom. The summed E-state index contributed by atoms with van der Waals surface area (Å²) >= 11 is 0. The predicted molar refractivity (Wildman–Crippen MR) is 48.0 cm³/mol. The van der Waals surface area contributed by atoms with Gasteiger partial charge in [0.15, 0.2) is 0 Å². The summed E-state index contributed by atoms with van der Waals surface area (Å²) in [5.41, 5.74) is 0. The maximum atomic E-state index is 2.75. The van der Waals surface area contributed by atoms with Gasteiger partial charge < -0.3 is 4.23 Å². The van der Waals surface area contributed by atoms with Crippen molar-refractivity contribution in [2.75, 3.05) is 7.05 Å². The molecular formula is C6H17NSi2. The Morgan fingerprint density at radius 3 is 1.89 bits per heavy atom. The van der Waals surface area contributed by atoms with Crippen LogP contribution in [-0.4, -0.2) is 29.2 Å². The lowest BCUT2D eigenvalue weighted by molar-refractivity contribution is 0.737. The van der Waals surface area contributed by atoms with Crippen LogP contribution in [0.5, 0.6) is 0 Å². The minimum absolute atomic E-state index is 0.351. The van der Waals surface area contributed by atoms with Crippen LogP contribution in [0.15, 0.2) is 0 Å². The SMILES string of the molecule is CN1[SiH](C)CCC[SiH]1C. The lowest BCUT2D eigenvalue weighted by Crippen LogP contribution is -2.46. The van der Waals surface area contributed by atoms with Gasteiger partial charge in [0, 0.05) is 0 Å². The first kappa shape index (κ1) is 7.50. The molecule has 0 saturated carbocycles. The predicted octanol–water partition coefficient (Wildman–Crippen LogP) is 1.03.